The summed E-state index contributed by atoms with van der Waals surface area (Å²) in [5.41, 5.74) is -1.00. The number of rotatable bonds is 0. The Morgan fingerprint density at radius 3 is 2.71 bits per heavy atom. The molecule has 0 aliphatic rings. The molecule has 0 fully saturated rings. The molecule has 0 bridgehead atoms. The van der Waals surface area contributed by atoms with Crippen molar-refractivity contribution in [2.24, 2.45) is 0 Å². The number of alkyl halides is 3. The van der Waals surface area contributed by atoms with Gasteiger partial charge in [0.05, 0.1) is 4.47 Å². The lowest BCUT2D eigenvalue weighted by Crippen LogP contribution is -2.10. The van der Waals surface area contributed by atoms with E-state index < -0.39 is 11.9 Å². The molecular formula is C6H2BrF3N4. The molecule has 2 aromatic heterocycles. The highest BCUT2D eigenvalue weighted by molar-refractivity contribution is 9.10. The predicted molar refractivity (Wildman–Crippen MR) is 43.5 cm³/mol. The molecule has 0 amide bonds. The van der Waals surface area contributed by atoms with Gasteiger partial charge in [-0.1, -0.05) is 0 Å². The van der Waals surface area contributed by atoms with Crippen LogP contribution in [0.4, 0.5) is 13.2 Å². The molecule has 0 aromatic carbocycles. The summed E-state index contributed by atoms with van der Waals surface area (Å²) in [6, 6.07) is 0. The minimum absolute atomic E-state index is 0.0828. The van der Waals surface area contributed by atoms with Crippen molar-refractivity contribution in [3.63, 3.8) is 0 Å². The zero-order valence-electron chi connectivity index (χ0n) is 6.46. The molecule has 14 heavy (non-hydrogen) atoms. The van der Waals surface area contributed by atoms with Gasteiger partial charge < -0.3 is 0 Å². The van der Waals surface area contributed by atoms with E-state index in [0.29, 0.717) is 0 Å². The molecular weight excluding hydrogens is 265 g/mol. The number of fused-ring (bicyclic) bond motifs is 1. The molecule has 0 radical (unpaired) electrons. The maximum Gasteiger partial charge on any atom is 0.434 e. The van der Waals surface area contributed by atoms with Gasteiger partial charge in [-0.05, 0) is 15.9 Å². The maximum absolute atomic E-state index is 12.3. The molecule has 0 spiro atoms. The molecule has 4 nitrogen and oxygen atoms in total. The van der Waals surface area contributed by atoms with E-state index >= 15 is 0 Å². The monoisotopic (exact) mass is 266 g/mol. The molecule has 0 unspecified atom stereocenters. The second kappa shape index (κ2) is 2.91. The Morgan fingerprint density at radius 1 is 1.36 bits per heavy atom. The Hall–Kier alpha value is -1.18. The van der Waals surface area contributed by atoms with Crippen molar-refractivity contribution in [2.45, 2.75) is 6.18 Å². The first-order valence-corrected chi connectivity index (χ1v) is 4.21. The number of hydrogen-bond donors (Lipinski definition) is 0. The van der Waals surface area contributed by atoms with Gasteiger partial charge in [0.2, 0.25) is 0 Å². The topological polar surface area (TPSA) is 43.1 Å². The summed E-state index contributed by atoms with van der Waals surface area (Å²) in [6.45, 7) is 0. The summed E-state index contributed by atoms with van der Waals surface area (Å²) < 4.78 is 38.0. The van der Waals surface area contributed by atoms with E-state index in [-0.39, 0.29) is 10.3 Å². The minimum atomic E-state index is -4.49. The third kappa shape index (κ3) is 1.45. The van der Waals surface area contributed by atoms with E-state index in [1.165, 1.54) is 0 Å². The van der Waals surface area contributed by atoms with E-state index in [9.17, 15) is 13.2 Å². The molecule has 2 aromatic rings. The molecule has 0 saturated heterocycles. The predicted octanol–water partition coefficient (Wildman–Crippen LogP) is 1.91. The molecule has 0 saturated carbocycles. The summed E-state index contributed by atoms with van der Waals surface area (Å²) in [4.78, 5) is 6.88. The van der Waals surface area contributed by atoms with E-state index in [0.717, 1.165) is 17.0 Å². The number of halogens is 4. The molecule has 0 aliphatic heterocycles. The van der Waals surface area contributed by atoms with E-state index in [1.807, 2.05) is 0 Å². The highest BCUT2D eigenvalue weighted by Crippen LogP contribution is 2.32. The van der Waals surface area contributed by atoms with Crippen molar-refractivity contribution in [1.29, 1.82) is 0 Å². The van der Waals surface area contributed by atoms with Crippen molar-refractivity contribution >= 4 is 21.7 Å². The van der Waals surface area contributed by atoms with Crippen LogP contribution in [-0.2, 0) is 6.18 Å². The Labute approximate surface area is 83.9 Å². The first kappa shape index (κ1) is 9.38. The van der Waals surface area contributed by atoms with Crippen LogP contribution in [-0.4, -0.2) is 19.6 Å². The summed E-state index contributed by atoms with van der Waals surface area (Å²) in [5, 5.41) is 3.65. The van der Waals surface area contributed by atoms with Gasteiger partial charge >= 0.3 is 6.18 Å². The van der Waals surface area contributed by atoms with Crippen LogP contribution in [0.15, 0.2) is 17.0 Å². The van der Waals surface area contributed by atoms with Gasteiger partial charge in [0, 0.05) is 6.20 Å². The van der Waals surface area contributed by atoms with E-state index in [1.54, 1.807) is 0 Å². The maximum atomic E-state index is 12.3. The summed E-state index contributed by atoms with van der Waals surface area (Å²) in [5.74, 6) is -0.0828. The van der Waals surface area contributed by atoms with Crippen molar-refractivity contribution in [1.82, 2.24) is 19.6 Å². The largest absolute Gasteiger partial charge is 0.434 e. The molecule has 74 valence electrons. The van der Waals surface area contributed by atoms with Crippen LogP contribution in [0, 0.1) is 0 Å². The lowest BCUT2D eigenvalue weighted by atomic mass is 10.4. The van der Waals surface area contributed by atoms with Crippen molar-refractivity contribution in [2.75, 3.05) is 0 Å². The first-order valence-electron chi connectivity index (χ1n) is 3.41. The van der Waals surface area contributed by atoms with Crippen LogP contribution < -0.4 is 0 Å². The lowest BCUT2D eigenvalue weighted by molar-refractivity contribution is -0.141. The molecule has 0 N–H and O–H groups in total. The second-order valence-electron chi connectivity index (χ2n) is 2.44. The molecule has 2 rings (SSSR count). The standard InChI is InChI=1S/C6H2BrF3N4/c7-3-1-14-5(11-2-12-14)13-4(3)6(8,9)10/h1-2H. The van der Waals surface area contributed by atoms with Crippen LogP contribution in [0.25, 0.3) is 5.78 Å². The van der Waals surface area contributed by atoms with Crippen LogP contribution >= 0.6 is 15.9 Å². The quantitative estimate of drug-likeness (QED) is 0.732. The van der Waals surface area contributed by atoms with Gasteiger partial charge in [0.1, 0.15) is 6.33 Å². The Kier molecular flexibility index (Phi) is 1.95. The third-order valence-corrected chi connectivity index (χ3v) is 2.08. The molecule has 0 aliphatic carbocycles. The van der Waals surface area contributed by atoms with Gasteiger partial charge in [-0.2, -0.15) is 23.3 Å². The zero-order valence-corrected chi connectivity index (χ0v) is 8.04. The number of aromatic nitrogens is 4. The van der Waals surface area contributed by atoms with Crippen LogP contribution in [0.1, 0.15) is 5.69 Å². The van der Waals surface area contributed by atoms with Gasteiger partial charge in [0.15, 0.2) is 5.69 Å². The van der Waals surface area contributed by atoms with Crippen LogP contribution in [0.2, 0.25) is 0 Å². The average molecular weight is 267 g/mol. The van der Waals surface area contributed by atoms with Crippen molar-refractivity contribution in [3.05, 3.63) is 22.7 Å². The summed E-state index contributed by atoms with van der Waals surface area (Å²) in [7, 11) is 0. The Morgan fingerprint density at radius 2 is 2.07 bits per heavy atom. The Balaban J connectivity index is 2.71. The molecule has 8 heteroatoms. The highest BCUT2D eigenvalue weighted by atomic mass is 79.9. The SMILES string of the molecule is FC(F)(F)c1nc2ncnn2cc1Br. The van der Waals surface area contributed by atoms with Gasteiger partial charge in [-0.3, -0.25) is 0 Å². The third-order valence-electron chi connectivity index (χ3n) is 1.50. The van der Waals surface area contributed by atoms with Gasteiger partial charge in [-0.15, -0.1) is 0 Å². The molecule has 2 heterocycles. The van der Waals surface area contributed by atoms with Crippen molar-refractivity contribution in [3.8, 4) is 0 Å². The second-order valence-corrected chi connectivity index (χ2v) is 3.29. The lowest BCUT2D eigenvalue weighted by Gasteiger charge is -2.06. The fourth-order valence-corrected chi connectivity index (χ4v) is 1.44. The number of nitrogens with zero attached hydrogens (tertiary/aromatic N) is 4. The summed E-state index contributed by atoms with van der Waals surface area (Å²) >= 11 is 2.77. The van der Waals surface area contributed by atoms with E-state index in [2.05, 4.69) is 31.0 Å². The fourth-order valence-electron chi connectivity index (χ4n) is 0.936. The minimum Gasteiger partial charge on any atom is -0.205 e. The van der Waals surface area contributed by atoms with Crippen LogP contribution in [0.3, 0.4) is 0 Å². The van der Waals surface area contributed by atoms with Gasteiger partial charge in [-0.25, -0.2) is 9.50 Å². The summed E-state index contributed by atoms with van der Waals surface area (Å²) in [6.07, 6.45) is -2.19. The smallest absolute Gasteiger partial charge is 0.205 e. The van der Waals surface area contributed by atoms with Crippen LogP contribution in [0.5, 0.6) is 0 Å². The van der Waals surface area contributed by atoms with Crippen molar-refractivity contribution < 1.29 is 13.2 Å². The normalized spacial score (nSPS) is 12.3. The highest BCUT2D eigenvalue weighted by Gasteiger charge is 2.35. The Bertz CT molecular complexity index is 477. The van der Waals surface area contributed by atoms with E-state index in [4.69, 9.17) is 0 Å². The fraction of sp³-hybridized carbons (Fsp3) is 0.167. The van der Waals surface area contributed by atoms with Gasteiger partial charge in [0.25, 0.3) is 5.78 Å². The number of hydrogen-bond acceptors (Lipinski definition) is 3. The first-order chi connectivity index (χ1) is 6.48. The molecule has 0 atom stereocenters. The zero-order chi connectivity index (χ0) is 10.3. The average Bonchev–Trinajstić information content (AvgIpc) is 2.47.